The van der Waals surface area contributed by atoms with Crippen molar-refractivity contribution in [3.8, 4) is 0 Å². The van der Waals surface area contributed by atoms with Gasteiger partial charge in [-0.3, -0.25) is 24.6 Å². The van der Waals surface area contributed by atoms with Gasteiger partial charge in [-0.25, -0.2) is 4.79 Å². The van der Waals surface area contributed by atoms with Crippen LogP contribution in [0.5, 0.6) is 0 Å². The number of anilines is 1. The maximum absolute atomic E-state index is 12.8. The van der Waals surface area contributed by atoms with Crippen LogP contribution in [0.3, 0.4) is 0 Å². The number of carbonyl (C=O) groups excluding carboxylic acids is 4. The number of amides is 5. The molecule has 0 aromatic heterocycles. The molecule has 2 N–H and O–H groups in total. The van der Waals surface area contributed by atoms with E-state index in [1.165, 1.54) is 16.8 Å². The van der Waals surface area contributed by atoms with Gasteiger partial charge in [0.05, 0.1) is 0 Å². The highest BCUT2D eigenvalue weighted by molar-refractivity contribution is 6.06. The zero-order valence-corrected chi connectivity index (χ0v) is 13.2. The highest BCUT2D eigenvalue weighted by atomic mass is 16.2. The van der Waals surface area contributed by atoms with Crippen molar-refractivity contribution in [1.82, 2.24) is 15.5 Å². The van der Waals surface area contributed by atoms with Gasteiger partial charge in [0.1, 0.15) is 12.6 Å². The molecule has 0 spiro atoms. The Morgan fingerprint density at radius 1 is 1.29 bits per heavy atom. The summed E-state index contributed by atoms with van der Waals surface area (Å²) in [4.78, 5) is 50.7. The van der Waals surface area contributed by atoms with Gasteiger partial charge >= 0.3 is 6.03 Å². The zero-order valence-electron chi connectivity index (χ0n) is 13.2. The third-order valence-electron chi connectivity index (χ3n) is 4.26. The van der Waals surface area contributed by atoms with E-state index in [4.69, 9.17) is 0 Å². The number of nitrogens with zero attached hydrogens (tertiary/aromatic N) is 2. The van der Waals surface area contributed by atoms with Crippen LogP contribution in [0.15, 0.2) is 24.3 Å². The van der Waals surface area contributed by atoms with E-state index in [9.17, 15) is 19.2 Å². The summed E-state index contributed by atoms with van der Waals surface area (Å²) in [5, 5.41) is 4.76. The number of rotatable bonds is 3. The molecular weight excluding hydrogens is 312 g/mol. The minimum absolute atomic E-state index is 0.161. The van der Waals surface area contributed by atoms with Crippen LogP contribution in [-0.4, -0.2) is 54.8 Å². The van der Waals surface area contributed by atoms with E-state index in [1.807, 2.05) is 12.1 Å². The molecule has 2 heterocycles. The lowest BCUT2D eigenvalue weighted by molar-refractivity contribution is -0.126. The van der Waals surface area contributed by atoms with Gasteiger partial charge in [0.15, 0.2) is 0 Å². The van der Waals surface area contributed by atoms with Crippen molar-refractivity contribution in [2.45, 2.75) is 18.9 Å². The van der Waals surface area contributed by atoms with Crippen LogP contribution in [-0.2, 0) is 20.8 Å². The summed E-state index contributed by atoms with van der Waals surface area (Å²) in [5.41, 5.74) is 1.60. The largest absolute Gasteiger partial charge is 0.357 e. The molecule has 0 saturated carbocycles. The van der Waals surface area contributed by atoms with E-state index in [0.29, 0.717) is 12.1 Å². The molecule has 3 rings (SSSR count). The summed E-state index contributed by atoms with van der Waals surface area (Å²) >= 11 is 0. The maximum Gasteiger partial charge on any atom is 0.324 e. The number of fused-ring (bicyclic) bond motifs is 1. The van der Waals surface area contributed by atoms with Gasteiger partial charge in [-0.1, -0.05) is 18.2 Å². The Morgan fingerprint density at radius 2 is 2.04 bits per heavy atom. The van der Waals surface area contributed by atoms with Crippen molar-refractivity contribution in [3.05, 3.63) is 29.8 Å². The third-order valence-corrected chi connectivity index (χ3v) is 4.26. The maximum atomic E-state index is 12.8. The number of likely N-dealkylation sites (N-methyl/N-ethyl adjacent to an activating group) is 1. The number of nitrogens with one attached hydrogen (secondary N) is 2. The van der Waals surface area contributed by atoms with Crippen molar-refractivity contribution in [3.63, 3.8) is 0 Å². The number of carbonyl (C=O) groups is 4. The van der Waals surface area contributed by atoms with Crippen molar-refractivity contribution in [1.29, 1.82) is 0 Å². The van der Waals surface area contributed by atoms with Crippen LogP contribution in [0.1, 0.15) is 12.0 Å². The summed E-state index contributed by atoms with van der Waals surface area (Å²) in [6, 6.07) is 6.12. The van der Waals surface area contributed by atoms with Crippen molar-refractivity contribution < 1.29 is 19.2 Å². The summed E-state index contributed by atoms with van der Waals surface area (Å²) in [6.45, 7) is 0.0114. The number of para-hydroxylation sites is 1. The molecule has 1 aromatic carbocycles. The van der Waals surface area contributed by atoms with Crippen LogP contribution in [0.25, 0.3) is 0 Å². The van der Waals surface area contributed by atoms with Gasteiger partial charge in [-0.2, -0.15) is 0 Å². The first kappa shape index (κ1) is 16.0. The van der Waals surface area contributed by atoms with Gasteiger partial charge < -0.3 is 10.2 Å². The van der Waals surface area contributed by atoms with Crippen LogP contribution >= 0.6 is 0 Å². The minimum atomic E-state index is -0.630. The molecule has 5 amide bonds. The number of hydrogen-bond acceptors (Lipinski definition) is 4. The fourth-order valence-corrected chi connectivity index (χ4v) is 3.06. The van der Waals surface area contributed by atoms with Crippen LogP contribution in [0, 0.1) is 0 Å². The molecule has 24 heavy (non-hydrogen) atoms. The molecular formula is C16H18N4O4. The quantitative estimate of drug-likeness (QED) is 0.790. The first-order valence-corrected chi connectivity index (χ1v) is 7.71. The first-order valence-electron chi connectivity index (χ1n) is 7.71. The third kappa shape index (κ3) is 2.82. The first-order chi connectivity index (χ1) is 11.5. The van der Waals surface area contributed by atoms with E-state index >= 15 is 0 Å². The number of hydrogen-bond donors (Lipinski definition) is 2. The lowest BCUT2D eigenvalue weighted by atomic mass is 10.1. The van der Waals surface area contributed by atoms with Gasteiger partial charge in [0, 0.05) is 32.1 Å². The van der Waals surface area contributed by atoms with Crippen molar-refractivity contribution >= 4 is 29.4 Å². The number of urea groups is 1. The molecule has 0 bridgehead atoms. The highest BCUT2D eigenvalue weighted by Crippen LogP contribution is 2.32. The smallest absolute Gasteiger partial charge is 0.324 e. The lowest BCUT2D eigenvalue weighted by Gasteiger charge is -2.30. The van der Waals surface area contributed by atoms with Gasteiger partial charge in [-0.15, -0.1) is 0 Å². The van der Waals surface area contributed by atoms with E-state index in [2.05, 4.69) is 10.6 Å². The van der Waals surface area contributed by atoms with Crippen LogP contribution < -0.4 is 15.5 Å². The molecule has 0 aliphatic carbocycles. The Balaban J connectivity index is 1.82. The second-order valence-electron chi connectivity index (χ2n) is 5.75. The van der Waals surface area contributed by atoms with E-state index in [-0.39, 0.29) is 37.2 Å². The van der Waals surface area contributed by atoms with Crippen molar-refractivity contribution in [2.75, 3.05) is 25.0 Å². The fraction of sp³-hybridized carbons (Fsp3) is 0.375. The minimum Gasteiger partial charge on any atom is -0.357 e. The molecule has 2 aliphatic rings. The normalized spacial score (nSPS) is 19.8. The molecule has 1 saturated heterocycles. The summed E-state index contributed by atoms with van der Waals surface area (Å²) in [6.07, 6.45) is 0.598. The molecule has 8 heteroatoms. The Labute approximate surface area is 138 Å². The topological polar surface area (TPSA) is 98.8 Å². The van der Waals surface area contributed by atoms with Gasteiger partial charge in [0.25, 0.3) is 0 Å². The Hall–Kier alpha value is -2.90. The molecule has 1 fully saturated rings. The predicted octanol–water partition coefficient (Wildman–Crippen LogP) is -0.368. The lowest BCUT2D eigenvalue weighted by Crippen LogP contribution is -2.55. The zero-order chi connectivity index (χ0) is 17.3. The second kappa shape index (κ2) is 6.31. The van der Waals surface area contributed by atoms with Crippen LogP contribution in [0.2, 0.25) is 0 Å². The Morgan fingerprint density at radius 3 is 2.75 bits per heavy atom. The highest BCUT2D eigenvalue weighted by Gasteiger charge is 2.39. The predicted molar refractivity (Wildman–Crippen MR) is 85.2 cm³/mol. The molecule has 126 valence electrons. The van der Waals surface area contributed by atoms with E-state index in [1.54, 1.807) is 12.1 Å². The monoisotopic (exact) mass is 330 g/mol. The van der Waals surface area contributed by atoms with Crippen LogP contribution in [0.4, 0.5) is 10.5 Å². The molecule has 1 aromatic rings. The molecule has 1 atom stereocenters. The number of benzene rings is 1. The number of imide groups is 1. The van der Waals surface area contributed by atoms with E-state index in [0.717, 1.165) is 5.56 Å². The van der Waals surface area contributed by atoms with Gasteiger partial charge in [0.2, 0.25) is 17.7 Å². The standard InChI is InChI=1S/C16H18N4O4/c1-17-15(23)12-8-10-4-2-3-5-11(10)20(12)14(22)9-19-7-6-13(21)18-16(19)24/h2-5,12H,6-9H2,1H3,(H,17,23)(H,18,21,24). The average Bonchev–Trinajstić information content (AvgIpc) is 2.96. The fourth-order valence-electron chi connectivity index (χ4n) is 3.06. The summed E-state index contributed by atoms with van der Waals surface area (Å²) < 4.78 is 0. The molecule has 2 aliphatic heterocycles. The Bertz CT molecular complexity index is 718. The second-order valence-corrected chi connectivity index (χ2v) is 5.75. The Kier molecular flexibility index (Phi) is 4.20. The molecule has 1 unspecified atom stereocenters. The van der Waals surface area contributed by atoms with Gasteiger partial charge in [-0.05, 0) is 11.6 Å². The SMILES string of the molecule is CNC(=O)C1Cc2ccccc2N1C(=O)CN1CCC(=O)NC1=O. The summed E-state index contributed by atoms with van der Waals surface area (Å²) in [5.74, 6) is -0.950. The van der Waals surface area contributed by atoms with E-state index < -0.39 is 12.1 Å². The molecule has 8 nitrogen and oxygen atoms in total. The summed E-state index contributed by atoms with van der Waals surface area (Å²) in [7, 11) is 1.53. The average molecular weight is 330 g/mol. The molecule has 0 radical (unpaired) electrons. The van der Waals surface area contributed by atoms with Crippen molar-refractivity contribution in [2.24, 2.45) is 0 Å².